The Bertz CT molecular complexity index is 411. The summed E-state index contributed by atoms with van der Waals surface area (Å²) in [4.78, 5) is 0. The fourth-order valence-electron chi connectivity index (χ4n) is 3.00. The number of para-hydroxylation sites is 1. The second kappa shape index (κ2) is 5.93. The molecule has 1 aromatic rings. The van der Waals surface area contributed by atoms with Crippen molar-refractivity contribution >= 4 is 0 Å². The van der Waals surface area contributed by atoms with Crippen molar-refractivity contribution < 1.29 is 9.47 Å². The van der Waals surface area contributed by atoms with Crippen LogP contribution in [0.3, 0.4) is 0 Å². The summed E-state index contributed by atoms with van der Waals surface area (Å²) in [7, 11) is 1.77. The summed E-state index contributed by atoms with van der Waals surface area (Å²) >= 11 is 0. The molecule has 1 fully saturated rings. The highest BCUT2D eigenvalue weighted by atomic mass is 16.5. The van der Waals surface area contributed by atoms with Gasteiger partial charge in [0.15, 0.2) is 0 Å². The van der Waals surface area contributed by atoms with Crippen LogP contribution in [0, 0.1) is 0 Å². The lowest BCUT2D eigenvalue weighted by Gasteiger charge is -2.35. The first-order chi connectivity index (χ1) is 9.09. The Balaban J connectivity index is 2.29. The van der Waals surface area contributed by atoms with Gasteiger partial charge in [-0.3, -0.25) is 0 Å². The summed E-state index contributed by atoms with van der Waals surface area (Å²) in [5.74, 6) is 0.883. The second-order valence-corrected chi connectivity index (χ2v) is 5.66. The van der Waals surface area contributed by atoms with Crippen LogP contribution < -0.4 is 10.5 Å². The molecule has 0 aliphatic heterocycles. The SMILES string of the molecule is COC1(C(N)c2ccccc2OC(C)C)CCCC1. The van der Waals surface area contributed by atoms with Gasteiger partial charge in [0.05, 0.1) is 17.7 Å². The van der Waals surface area contributed by atoms with Crippen LogP contribution in [0.5, 0.6) is 5.75 Å². The first-order valence-corrected chi connectivity index (χ1v) is 7.15. The van der Waals surface area contributed by atoms with Crippen molar-refractivity contribution in [3.63, 3.8) is 0 Å². The second-order valence-electron chi connectivity index (χ2n) is 5.66. The van der Waals surface area contributed by atoms with Crippen molar-refractivity contribution in [1.82, 2.24) is 0 Å². The van der Waals surface area contributed by atoms with Gasteiger partial charge in [-0.25, -0.2) is 0 Å². The highest BCUT2D eigenvalue weighted by Crippen LogP contribution is 2.43. The van der Waals surface area contributed by atoms with Crippen LogP contribution in [0.2, 0.25) is 0 Å². The Kier molecular flexibility index (Phi) is 4.48. The minimum Gasteiger partial charge on any atom is -0.491 e. The van der Waals surface area contributed by atoms with E-state index in [2.05, 4.69) is 6.07 Å². The van der Waals surface area contributed by atoms with Crippen LogP contribution in [0.15, 0.2) is 24.3 Å². The molecular formula is C16H25NO2. The van der Waals surface area contributed by atoms with Crippen molar-refractivity contribution in [3.05, 3.63) is 29.8 Å². The molecule has 0 aromatic heterocycles. The lowest BCUT2D eigenvalue weighted by Crippen LogP contribution is -2.40. The van der Waals surface area contributed by atoms with Gasteiger partial charge >= 0.3 is 0 Å². The molecule has 3 heteroatoms. The molecule has 0 heterocycles. The number of nitrogens with two attached hydrogens (primary N) is 1. The van der Waals surface area contributed by atoms with Crippen molar-refractivity contribution in [2.75, 3.05) is 7.11 Å². The molecule has 106 valence electrons. The van der Waals surface area contributed by atoms with Crippen LogP contribution in [0.4, 0.5) is 0 Å². The van der Waals surface area contributed by atoms with Crippen molar-refractivity contribution in [2.45, 2.75) is 57.3 Å². The molecule has 1 unspecified atom stereocenters. The van der Waals surface area contributed by atoms with Gasteiger partial charge in [-0.2, -0.15) is 0 Å². The lowest BCUT2D eigenvalue weighted by molar-refractivity contribution is -0.0271. The van der Waals surface area contributed by atoms with Gasteiger partial charge in [0.25, 0.3) is 0 Å². The van der Waals surface area contributed by atoms with E-state index in [4.69, 9.17) is 15.2 Å². The maximum absolute atomic E-state index is 6.52. The normalized spacial score (nSPS) is 19.6. The zero-order chi connectivity index (χ0) is 13.9. The molecule has 3 nitrogen and oxygen atoms in total. The molecule has 1 atom stereocenters. The van der Waals surface area contributed by atoms with Crippen molar-refractivity contribution in [3.8, 4) is 5.75 Å². The fourth-order valence-corrected chi connectivity index (χ4v) is 3.00. The number of hydrogen-bond acceptors (Lipinski definition) is 3. The molecule has 1 aliphatic rings. The third-order valence-corrected chi connectivity index (χ3v) is 4.04. The summed E-state index contributed by atoms with van der Waals surface area (Å²) in [5, 5.41) is 0. The van der Waals surface area contributed by atoms with Gasteiger partial charge in [0, 0.05) is 12.7 Å². The fraction of sp³-hybridized carbons (Fsp3) is 0.625. The third-order valence-electron chi connectivity index (χ3n) is 4.04. The minimum atomic E-state index is -0.226. The van der Waals surface area contributed by atoms with Gasteiger partial charge in [-0.1, -0.05) is 31.0 Å². The standard InChI is InChI=1S/C16H25NO2/c1-12(2)19-14-9-5-4-8-13(14)15(17)16(18-3)10-6-7-11-16/h4-5,8-9,12,15H,6-7,10-11,17H2,1-3H3. The van der Waals surface area contributed by atoms with Gasteiger partial charge in [-0.15, -0.1) is 0 Å². The topological polar surface area (TPSA) is 44.5 Å². The predicted molar refractivity (Wildman–Crippen MR) is 77.3 cm³/mol. The van der Waals surface area contributed by atoms with E-state index in [0.29, 0.717) is 0 Å². The Morgan fingerprint density at radius 2 is 1.79 bits per heavy atom. The number of rotatable bonds is 5. The minimum absolute atomic E-state index is 0.130. The van der Waals surface area contributed by atoms with E-state index < -0.39 is 0 Å². The average molecular weight is 263 g/mol. The lowest BCUT2D eigenvalue weighted by atomic mass is 9.87. The highest BCUT2D eigenvalue weighted by Gasteiger charge is 2.41. The van der Waals surface area contributed by atoms with E-state index in [1.807, 2.05) is 32.0 Å². The maximum atomic E-state index is 6.52. The summed E-state index contributed by atoms with van der Waals surface area (Å²) < 4.78 is 11.7. The molecule has 1 aliphatic carbocycles. The summed E-state index contributed by atoms with van der Waals surface area (Å²) in [6.45, 7) is 4.06. The number of hydrogen-bond donors (Lipinski definition) is 1. The van der Waals surface area contributed by atoms with Crippen LogP contribution >= 0.6 is 0 Å². The van der Waals surface area contributed by atoms with E-state index in [-0.39, 0.29) is 17.7 Å². The van der Waals surface area contributed by atoms with E-state index in [1.165, 1.54) is 12.8 Å². The molecule has 0 saturated heterocycles. The zero-order valence-corrected chi connectivity index (χ0v) is 12.2. The van der Waals surface area contributed by atoms with Crippen LogP contribution in [-0.2, 0) is 4.74 Å². The van der Waals surface area contributed by atoms with Gasteiger partial charge in [-0.05, 0) is 32.8 Å². The largest absolute Gasteiger partial charge is 0.491 e. The highest BCUT2D eigenvalue weighted by molar-refractivity contribution is 5.37. The van der Waals surface area contributed by atoms with Gasteiger partial charge in [0.2, 0.25) is 0 Å². The van der Waals surface area contributed by atoms with Gasteiger partial charge < -0.3 is 15.2 Å². The van der Waals surface area contributed by atoms with E-state index in [1.54, 1.807) is 7.11 Å². The monoisotopic (exact) mass is 263 g/mol. The molecule has 2 rings (SSSR count). The average Bonchev–Trinajstić information content (AvgIpc) is 2.88. The first-order valence-electron chi connectivity index (χ1n) is 7.15. The molecule has 0 radical (unpaired) electrons. The van der Waals surface area contributed by atoms with Crippen LogP contribution in [0.25, 0.3) is 0 Å². The van der Waals surface area contributed by atoms with Crippen LogP contribution in [0.1, 0.15) is 51.1 Å². The van der Waals surface area contributed by atoms with Gasteiger partial charge in [0.1, 0.15) is 5.75 Å². The third kappa shape index (κ3) is 2.93. The molecule has 1 aromatic carbocycles. The van der Waals surface area contributed by atoms with E-state index >= 15 is 0 Å². The molecule has 0 bridgehead atoms. The zero-order valence-electron chi connectivity index (χ0n) is 12.2. The van der Waals surface area contributed by atoms with E-state index in [9.17, 15) is 0 Å². The van der Waals surface area contributed by atoms with E-state index in [0.717, 1.165) is 24.2 Å². The summed E-state index contributed by atoms with van der Waals surface area (Å²) in [6, 6.07) is 7.92. The molecule has 0 spiro atoms. The smallest absolute Gasteiger partial charge is 0.124 e. The Labute approximate surface area is 116 Å². The molecule has 19 heavy (non-hydrogen) atoms. The van der Waals surface area contributed by atoms with Crippen molar-refractivity contribution in [2.24, 2.45) is 5.73 Å². The Hall–Kier alpha value is -1.06. The quantitative estimate of drug-likeness (QED) is 0.885. The number of benzene rings is 1. The summed E-state index contributed by atoms with van der Waals surface area (Å²) in [5.41, 5.74) is 7.35. The number of ether oxygens (including phenoxy) is 2. The molecular weight excluding hydrogens is 238 g/mol. The molecule has 1 saturated carbocycles. The van der Waals surface area contributed by atoms with Crippen LogP contribution in [-0.4, -0.2) is 18.8 Å². The Morgan fingerprint density at radius 3 is 2.37 bits per heavy atom. The first kappa shape index (κ1) is 14.4. The molecule has 2 N–H and O–H groups in total. The Morgan fingerprint density at radius 1 is 1.16 bits per heavy atom. The van der Waals surface area contributed by atoms with Crippen molar-refractivity contribution in [1.29, 1.82) is 0 Å². The number of methoxy groups -OCH3 is 1. The maximum Gasteiger partial charge on any atom is 0.124 e. The predicted octanol–water partition coefficient (Wildman–Crippen LogP) is 3.43. The molecule has 0 amide bonds. The summed E-state index contributed by atoms with van der Waals surface area (Å²) in [6.07, 6.45) is 4.58.